The van der Waals surface area contributed by atoms with Gasteiger partial charge in [0.2, 0.25) is 0 Å². The molecule has 7 heteroatoms. The van der Waals surface area contributed by atoms with Gasteiger partial charge in [-0.1, -0.05) is 30.3 Å². The Bertz CT molecular complexity index is 1430. The molecule has 0 spiro atoms. The highest BCUT2D eigenvalue weighted by Crippen LogP contribution is 2.19. The number of aryl methyl sites for hydroxylation is 4. The van der Waals surface area contributed by atoms with E-state index < -0.39 is 0 Å². The summed E-state index contributed by atoms with van der Waals surface area (Å²) in [5.41, 5.74) is 7.22. The van der Waals surface area contributed by atoms with Crippen LogP contribution < -0.4 is 10.7 Å². The summed E-state index contributed by atoms with van der Waals surface area (Å²) in [6.45, 7) is 8.60. The Morgan fingerprint density at radius 1 is 1.03 bits per heavy atom. The number of carbonyl (C=O) groups excluding carboxylic acids is 1. The van der Waals surface area contributed by atoms with Crippen LogP contribution in [-0.4, -0.2) is 25.2 Å². The molecule has 4 rings (SSSR count). The molecule has 35 heavy (non-hydrogen) atoms. The number of nitrogens with one attached hydrogen (secondary N) is 1. The van der Waals surface area contributed by atoms with Gasteiger partial charge in [0.25, 0.3) is 5.91 Å². The van der Waals surface area contributed by atoms with E-state index >= 15 is 0 Å². The fourth-order valence-electron chi connectivity index (χ4n) is 4.45. The first-order valence-corrected chi connectivity index (χ1v) is 11.7. The number of pyridine rings is 2. The van der Waals surface area contributed by atoms with Crippen molar-refractivity contribution in [1.29, 1.82) is 0 Å². The standard InChI is InChI=1S/C28H31N5O2/c1-18-10-6-7-11-22(18)15-25-27(28(35)30-16-24-20(3)31-32(5)21(24)4)26(34)14-19(2)33(25)17-23-12-8-9-13-29-23/h6-14H,15-17H2,1-5H3,(H,30,35). The zero-order valence-electron chi connectivity index (χ0n) is 20.9. The van der Waals surface area contributed by atoms with E-state index in [-0.39, 0.29) is 16.9 Å². The zero-order valence-corrected chi connectivity index (χ0v) is 20.9. The van der Waals surface area contributed by atoms with Crippen LogP contribution in [0.25, 0.3) is 0 Å². The maximum absolute atomic E-state index is 13.5. The van der Waals surface area contributed by atoms with Crippen molar-refractivity contribution in [3.05, 3.63) is 116 Å². The second kappa shape index (κ2) is 10.1. The van der Waals surface area contributed by atoms with Gasteiger partial charge in [-0.3, -0.25) is 19.3 Å². The molecule has 0 atom stereocenters. The van der Waals surface area contributed by atoms with E-state index in [1.54, 1.807) is 16.9 Å². The van der Waals surface area contributed by atoms with Gasteiger partial charge < -0.3 is 9.88 Å². The molecule has 7 nitrogen and oxygen atoms in total. The molecule has 3 heterocycles. The Balaban J connectivity index is 1.78. The third-order valence-electron chi connectivity index (χ3n) is 6.60. The lowest BCUT2D eigenvalue weighted by Gasteiger charge is -2.21. The lowest BCUT2D eigenvalue weighted by Crippen LogP contribution is -2.33. The second-order valence-corrected chi connectivity index (χ2v) is 8.94. The first-order chi connectivity index (χ1) is 16.8. The van der Waals surface area contributed by atoms with Crippen molar-refractivity contribution in [3.63, 3.8) is 0 Å². The van der Waals surface area contributed by atoms with E-state index in [0.717, 1.165) is 39.5 Å². The highest BCUT2D eigenvalue weighted by Gasteiger charge is 2.22. The monoisotopic (exact) mass is 469 g/mol. The van der Waals surface area contributed by atoms with Crippen LogP contribution in [0.2, 0.25) is 0 Å². The Hall–Kier alpha value is -4.00. The molecule has 180 valence electrons. The number of rotatable bonds is 7. The number of aromatic nitrogens is 4. The first kappa shape index (κ1) is 24.1. The molecule has 3 aromatic heterocycles. The summed E-state index contributed by atoms with van der Waals surface area (Å²) in [7, 11) is 1.88. The summed E-state index contributed by atoms with van der Waals surface area (Å²) in [6, 6.07) is 15.3. The van der Waals surface area contributed by atoms with Crippen molar-refractivity contribution >= 4 is 5.91 Å². The molecular weight excluding hydrogens is 438 g/mol. The van der Waals surface area contributed by atoms with Gasteiger partial charge in [-0.05, 0) is 51.0 Å². The number of hydrogen-bond acceptors (Lipinski definition) is 4. The Labute approximate surface area is 205 Å². The lowest BCUT2D eigenvalue weighted by atomic mass is 9.99. The van der Waals surface area contributed by atoms with E-state index in [9.17, 15) is 9.59 Å². The van der Waals surface area contributed by atoms with Crippen molar-refractivity contribution in [3.8, 4) is 0 Å². The van der Waals surface area contributed by atoms with Gasteiger partial charge in [0, 0.05) is 54.9 Å². The number of carbonyl (C=O) groups is 1. The molecule has 0 aliphatic heterocycles. The predicted molar refractivity (Wildman–Crippen MR) is 137 cm³/mol. The van der Waals surface area contributed by atoms with Crippen molar-refractivity contribution < 1.29 is 4.79 Å². The summed E-state index contributed by atoms with van der Waals surface area (Å²) < 4.78 is 3.83. The fourth-order valence-corrected chi connectivity index (χ4v) is 4.45. The Morgan fingerprint density at radius 2 is 1.77 bits per heavy atom. The molecule has 0 saturated heterocycles. The van der Waals surface area contributed by atoms with E-state index in [4.69, 9.17) is 0 Å². The van der Waals surface area contributed by atoms with Crippen molar-refractivity contribution in [2.24, 2.45) is 7.05 Å². The van der Waals surface area contributed by atoms with Crippen molar-refractivity contribution in [2.45, 2.75) is 47.2 Å². The maximum atomic E-state index is 13.5. The molecule has 1 N–H and O–H groups in total. The minimum Gasteiger partial charge on any atom is -0.348 e. The molecular formula is C28H31N5O2. The van der Waals surface area contributed by atoms with Crippen LogP contribution in [0.4, 0.5) is 0 Å². The third kappa shape index (κ3) is 5.09. The van der Waals surface area contributed by atoms with Gasteiger partial charge in [0.1, 0.15) is 5.56 Å². The molecule has 0 fully saturated rings. The van der Waals surface area contributed by atoms with Crippen LogP contribution in [0.1, 0.15) is 55.5 Å². The van der Waals surface area contributed by atoms with Gasteiger partial charge in [0.05, 0.1) is 17.9 Å². The van der Waals surface area contributed by atoms with Gasteiger partial charge in [-0.15, -0.1) is 0 Å². The van der Waals surface area contributed by atoms with E-state index in [1.807, 2.05) is 81.8 Å². The summed E-state index contributed by atoms with van der Waals surface area (Å²) in [6.07, 6.45) is 2.21. The molecule has 1 amide bonds. The molecule has 0 unspecified atom stereocenters. The Morgan fingerprint density at radius 3 is 2.43 bits per heavy atom. The van der Waals surface area contributed by atoms with Gasteiger partial charge in [0.15, 0.2) is 5.43 Å². The fraction of sp³-hybridized carbons (Fsp3) is 0.286. The minimum atomic E-state index is -0.379. The SMILES string of the molecule is Cc1ccccc1Cc1c(C(=O)NCc2c(C)nn(C)c2C)c(=O)cc(C)n1Cc1ccccn1. The highest BCUT2D eigenvalue weighted by molar-refractivity contribution is 5.95. The smallest absolute Gasteiger partial charge is 0.257 e. The summed E-state index contributed by atoms with van der Waals surface area (Å²) >= 11 is 0. The van der Waals surface area contributed by atoms with E-state index in [0.29, 0.717) is 25.2 Å². The van der Waals surface area contributed by atoms with Gasteiger partial charge in [-0.25, -0.2) is 0 Å². The number of nitrogens with zero attached hydrogens (tertiary/aromatic N) is 4. The lowest BCUT2D eigenvalue weighted by molar-refractivity contribution is 0.0948. The van der Waals surface area contributed by atoms with Gasteiger partial charge in [-0.2, -0.15) is 5.10 Å². The largest absolute Gasteiger partial charge is 0.348 e. The quantitative estimate of drug-likeness (QED) is 0.447. The predicted octanol–water partition coefficient (Wildman–Crippen LogP) is 3.78. The third-order valence-corrected chi connectivity index (χ3v) is 6.60. The molecule has 0 aliphatic rings. The van der Waals surface area contributed by atoms with Crippen LogP contribution in [0, 0.1) is 27.7 Å². The van der Waals surface area contributed by atoms with Crippen LogP contribution in [0.15, 0.2) is 59.5 Å². The van der Waals surface area contributed by atoms with Crippen LogP contribution in [0.3, 0.4) is 0 Å². The number of benzene rings is 1. The van der Waals surface area contributed by atoms with Crippen LogP contribution in [-0.2, 0) is 26.6 Å². The summed E-state index contributed by atoms with van der Waals surface area (Å²) in [5, 5.41) is 7.41. The summed E-state index contributed by atoms with van der Waals surface area (Å²) in [5.74, 6) is -0.379. The number of hydrogen-bond donors (Lipinski definition) is 1. The topological polar surface area (TPSA) is 81.8 Å². The first-order valence-electron chi connectivity index (χ1n) is 11.7. The van der Waals surface area contributed by atoms with Gasteiger partial charge >= 0.3 is 0 Å². The summed E-state index contributed by atoms with van der Waals surface area (Å²) in [4.78, 5) is 31.2. The van der Waals surface area contributed by atoms with E-state index in [2.05, 4.69) is 15.4 Å². The maximum Gasteiger partial charge on any atom is 0.257 e. The molecule has 0 saturated carbocycles. The van der Waals surface area contributed by atoms with Crippen molar-refractivity contribution in [1.82, 2.24) is 24.6 Å². The minimum absolute atomic E-state index is 0.175. The highest BCUT2D eigenvalue weighted by atomic mass is 16.2. The average Bonchev–Trinajstić information content (AvgIpc) is 3.07. The number of amides is 1. The van der Waals surface area contributed by atoms with E-state index in [1.165, 1.54) is 0 Å². The zero-order chi connectivity index (χ0) is 25.1. The normalized spacial score (nSPS) is 11.0. The molecule has 1 aromatic carbocycles. The Kier molecular flexibility index (Phi) is 6.96. The van der Waals surface area contributed by atoms with Crippen LogP contribution in [0.5, 0.6) is 0 Å². The molecule has 0 bridgehead atoms. The van der Waals surface area contributed by atoms with Crippen LogP contribution >= 0.6 is 0 Å². The molecule has 4 aromatic rings. The van der Waals surface area contributed by atoms with Crippen molar-refractivity contribution in [2.75, 3.05) is 0 Å². The molecule has 0 aliphatic carbocycles. The second-order valence-electron chi connectivity index (χ2n) is 8.94. The molecule has 0 radical (unpaired) electrons. The average molecular weight is 470 g/mol.